The molecule has 2 N–H and O–H groups in total. The number of tetrazole rings is 1. The Labute approximate surface area is 171 Å². The summed E-state index contributed by atoms with van der Waals surface area (Å²) in [6.07, 6.45) is 3.09. The predicted octanol–water partition coefficient (Wildman–Crippen LogP) is 1.45. The molecular weight excluding hydrogens is 392 g/mol. The Morgan fingerprint density at radius 1 is 1.24 bits per heavy atom. The van der Waals surface area contributed by atoms with Gasteiger partial charge in [0.2, 0.25) is 5.91 Å². The molecule has 0 radical (unpaired) electrons. The summed E-state index contributed by atoms with van der Waals surface area (Å²) >= 11 is 0. The molecule has 1 aromatic heterocycles. The van der Waals surface area contributed by atoms with Crippen molar-refractivity contribution >= 4 is 15.7 Å². The number of amides is 1. The lowest BCUT2D eigenvalue weighted by molar-refractivity contribution is -0.123. The molecule has 1 aromatic carbocycles. The maximum absolute atomic E-state index is 12.9. The molecule has 1 fully saturated rings. The van der Waals surface area contributed by atoms with Crippen molar-refractivity contribution in [3.8, 4) is 0 Å². The van der Waals surface area contributed by atoms with Gasteiger partial charge in [0.1, 0.15) is 0 Å². The Morgan fingerprint density at radius 2 is 1.90 bits per heavy atom. The number of aryl methyl sites for hydroxylation is 1. The van der Waals surface area contributed by atoms with E-state index in [1.54, 1.807) is 24.3 Å². The van der Waals surface area contributed by atoms with Gasteiger partial charge in [-0.15, -0.1) is 5.10 Å². The van der Waals surface area contributed by atoms with Crippen LogP contribution in [-0.2, 0) is 20.5 Å². The fraction of sp³-hybridized carbons (Fsp3) is 0.579. The molecule has 0 spiro atoms. The predicted molar refractivity (Wildman–Crippen MR) is 107 cm³/mol. The molecule has 29 heavy (non-hydrogen) atoms. The quantitative estimate of drug-likeness (QED) is 0.685. The second kappa shape index (κ2) is 9.00. The normalized spacial score (nSPS) is 17.3. The van der Waals surface area contributed by atoms with E-state index in [2.05, 4.69) is 27.3 Å². The van der Waals surface area contributed by atoms with Gasteiger partial charge in [-0.1, -0.05) is 31.0 Å². The van der Waals surface area contributed by atoms with E-state index in [1.807, 2.05) is 6.92 Å². The number of rotatable bonds is 8. The monoisotopic (exact) mass is 420 g/mol. The molecule has 10 heteroatoms. The molecule has 2 aromatic rings. The number of nitrogens with two attached hydrogens (primary N) is 1. The molecule has 0 aliphatic carbocycles. The molecule has 9 nitrogen and oxygen atoms in total. The summed E-state index contributed by atoms with van der Waals surface area (Å²) in [4.78, 5) is 13.9. The minimum Gasteiger partial charge on any atom is -0.369 e. The zero-order valence-electron chi connectivity index (χ0n) is 16.9. The maximum Gasteiger partial charge on any atom is 0.220 e. The summed E-state index contributed by atoms with van der Waals surface area (Å²) in [5, 5.41) is 11.9. The van der Waals surface area contributed by atoms with Gasteiger partial charge in [0, 0.05) is 5.92 Å². The molecule has 0 unspecified atom stereocenters. The van der Waals surface area contributed by atoms with Gasteiger partial charge in [0.25, 0.3) is 0 Å². The van der Waals surface area contributed by atoms with Crippen LogP contribution < -0.4 is 5.73 Å². The fourth-order valence-electron chi connectivity index (χ4n) is 3.77. The van der Waals surface area contributed by atoms with E-state index in [9.17, 15) is 13.2 Å². The lowest BCUT2D eigenvalue weighted by Gasteiger charge is -2.36. The van der Waals surface area contributed by atoms with E-state index in [0.717, 1.165) is 18.4 Å². The van der Waals surface area contributed by atoms with Gasteiger partial charge in [-0.3, -0.25) is 9.69 Å². The van der Waals surface area contributed by atoms with Gasteiger partial charge in [0.05, 0.1) is 10.9 Å². The number of benzene rings is 1. The number of hydrogen-bond acceptors (Lipinski definition) is 7. The summed E-state index contributed by atoms with van der Waals surface area (Å²) in [6.45, 7) is 5.39. The average Bonchev–Trinajstić information content (AvgIpc) is 3.13. The van der Waals surface area contributed by atoms with Crippen LogP contribution in [0.15, 0.2) is 29.2 Å². The molecule has 1 saturated heterocycles. The van der Waals surface area contributed by atoms with Crippen LogP contribution in [0.25, 0.3) is 0 Å². The zero-order chi connectivity index (χ0) is 21.0. The van der Waals surface area contributed by atoms with E-state index in [4.69, 9.17) is 5.73 Å². The fourth-order valence-corrected chi connectivity index (χ4v) is 4.97. The zero-order valence-corrected chi connectivity index (χ0v) is 17.7. The second-order valence-corrected chi connectivity index (χ2v) is 9.57. The lowest BCUT2D eigenvalue weighted by atomic mass is 9.94. The van der Waals surface area contributed by atoms with Crippen molar-refractivity contribution in [2.24, 2.45) is 11.7 Å². The summed E-state index contributed by atoms with van der Waals surface area (Å²) in [5.41, 5.74) is 6.43. The third-order valence-corrected chi connectivity index (χ3v) is 7.04. The second-order valence-electron chi connectivity index (χ2n) is 7.61. The minimum absolute atomic E-state index is 0.1000. The van der Waals surface area contributed by atoms with E-state index >= 15 is 0 Å². The number of sulfone groups is 1. The lowest BCUT2D eigenvalue weighted by Crippen LogP contribution is -2.41. The van der Waals surface area contributed by atoms with Gasteiger partial charge in [0.15, 0.2) is 21.5 Å². The molecule has 1 aliphatic heterocycles. The van der Waals surface area contributed by atoms with E-state index in [-0.39, 0.29) is 28.6 Å². The van der Waals surface area contributed by atoms with Crippen LogP contribution in [0.1, 0.15) is 50.0 Å². The molecule has 0 bridgehead atoms. The van der Waals surface area contributed by atoms with Gasteiger partial charge in [-0.2, -0.15) is 0 Å². The molecule has 0 saturated carbocycles. The number of piperidine rings is 1. The van der Waals surface area contributed by atoms with Gasteiger partial charge < -0.3 is 5.73 Å². The van der Waals surface area contributed by atoms with Crippen molar-refractivity contribution in [2.75, 3.05) is 13.1 Å². The molecule has 158 valence electrons. The summed E-state index contributed by atoms with van der Waals surface area (Å²) < 4.78 is 27.1. The molecule has 2 heterocycles. The molecular formula is C19H28N6O3S. The molecule has 1 atom stereocenters. The largest absolute Gasteiger partial charge is 0.369 e. The number of carbonyl (C=O) groups is 1. The molecule has 1 amide bonds. The molecule has 1 aliphatic rings. The smallest absolute Gasteiger partial charge is 0.220 e. The highest BCUT2D eigenvalue weighted by Crippen LogP contribution is 2.29. The Morgan fingerprint density at radius 3 is 2.48 bits per heavy atom. The molecule has 3 rings (SSSR count). The van der Waals surface area contributed by atoms with Crippen LogP contribution in [-0.4, -0.2) is 52.5 Å². The summed E-state index contributed by atoms with van der Waals surface area (Å²) in [5.74, 6) is -0.131. The Bertz CT molecular complexity index is 933. The van der Waals surface area contributed by atoms with Crippen LogP contribution in [0.2, 0.25) is 0 Å². The number of likely N-dealkylation sites (tertiary alicyclic amines) is 1. The number of nitrogens with zero attached hydrogens (tertiary/aromatic N) is 5. The minimum atomic E-state index is -3.58. The highest BCUT2D eigenvalue weighted by molar-refractivity contribution is 7.90. The van der Waals surface area contributed by atoms with Crippen molar-refractivity contribution < 1.29 is 13.2 Å². The topological polar surface area (TPSA) is 124 Å². The van der Waals surface area contributed by atoms with E-state index < -0.39 is 9.84 Å². The van der Waals surface area contributed by atoms with Crippen LogP contribution in [0.5, 0.6) is 0 Å². The number of carbonyl (C=O) groups excluding carboxylic acids is 1. The van der Waals surface area contributed by atoms with Gasteiger partial charge in [-0.05, 0) is 61.8 Å². The summed E-state index contributed by atoms with van der Waals surface area (Å²) in [6, 6.07) is 6.66. The van der Waals surface area contributed by atoms with Crippen LogP contribution in [0.3, 0.4) is 0 Å². The van der Waals surface area contributed by atoms with Crippen LogP contribution in [0.4, 0.5) is 0 Å². The van der Waals surface area contributed by atoms with Crippen LogP contribution in [0, 0.1) is 12.8 Å². The van der Waals surface area contributed by atoms with Gasteiger partial charge >= 0.3 is 0 Å². The van der Waals surface area contributed by atoms with Crippen molar-refractivity contribution in [3.05, 3.63) is 35.7 Å². The maximum atomic E-state index is 12.9. The van der Waals surface area contributed by atoms with E-state index in [0.29, 0.717) is 31.8 Å². The standard InChI is InChI=1S/C19H28N6O3S/c1-3-4-17(24-11-9-15(10-12-24)18(20)26)19-21-22-23-25(19)13-29(27,28)16-7-5-14(2)6-8-16/h5-8,15,17H,3-4,9-13H2,1-2H3,(H2,20,26)/t17-/m1/s1. The first-order valence-corrected chi connectivity index (χ1v) is 11.6. The average molecular weight is 421 g/mol. The number of primary amides is 1. The van der Waals surface area contributed by atoms with E-state index in [1.165, 1.54) is 4.68 Å². The number of hydrogen-bond donors (Lipinski definition) is 1. The van der Waals surface area contributed by atoms with Crippen LogP contribution >= 0.6 is 0 Å². The SMILES string of the molecule is CCC[C@H](c1nnnn1CS(=O)(=O)c1ccc(C)cc1)N1CCC(C(N)=O)CC1. The van der Waals surface area contributed by atoms with Crippen molar-refractivity contribution in [2.45, 2.75) is 56.3 Å². The van der Waals surface area contributed by atoms with Gasteiger partial charge in [-0.25, -0.2) is 13.1 Å². The Balaban J connectivity index is 1.81. The van der Waals surface area contributed by atoms with Crippen molar-refractivity contribution in [1.82, 2.24) is 25.1 Å². The first kappa shape index (κ1) is 21.4. The first-order chi connectivity index (χ1) is 13.8. The van der Waals surface area contributed by atoms with Crippen molar-refractivity contribution in [3.63, 3.8) is 0 Å². The highest BCUT2D eigenvalue weighted by Gasteiger charge is 2.31. The first-order valence-electron chi connectivity index (χ1n) is 9.90. The number of aromatic nitrogens is 4. The third kappa shape index (κ3) is 4.99. The third-order valence-electron chi connectivity index (χ3n) is 5.46. The highest BCUT2D eigenvalue weighted by atomic mass is 32.2. The Hall–Kier alpha value is -2.33. The van der Waals surface area contributed by atoms with Crippen molar-refractivity contribution in [1.29, 1.82) is 0 Å². The summed E-state index contributed by atoms with van der Waals surface area (Å²) in [7, 11) is -3.58. The Kier molecular flexibility index (Phi) is 6.63.